The Hall–Kier alpha value is -1.17. The van der Waals surface area contributed by atoms with Gasteiger partial charge >= 0.3 is 0 Å². The number of nitrogens with two attached hydrogens (primary N) is 1. The first-order valence-electron chi connectivity index (χ1n) is 8.27. The predicted molar refractivity (Wildman–Crippen MR) is 104 cm³/mol. The number of halogens is 1. The molecule has 4 nitrogen and oxygen atoms in total. The van der Waals surface area contributed by atoms with E-state index in [1.165, 1.54) is 5.75 Å². The van der Waals surface area contributed by atoms with E-state index in [4.69, 9.17) is 22.1 Å². The molecule has 0 radical (unpaired) electrons. The fourth-order valence-corrected chi connectivity index (χ4v) is 2.87. The number of fused-ring (bicyclic) bond motifs is 1. The third-order valence-electron chi connectivity index (χ3n) is 4.13. The number of H-pyrrole nitrogens is 1. The first-order chi connectivity index (χ1) is 11.5. The number of benzene rings is 1. The Labute approximate surface area is 152 Å². The number of pyridine rings is 1. The summed E-state index contributed by atoms with van der Waals surface area (Å²) in [5.41, 5.74) is 5.75. The van der Waals surface area contributed by atoms with Crippen LogP contribution >= 0.6 is 23.4 Å². The Balaban J connectivity index is 0.000000471. The second kappa shape index (κ2) is 9.35. The predicted octanol–water partition coefficient (Wildman–Crippen LogP) is 4.20. The van der Waals surface area contributed by atoms with E-state index in [-0.39, 0.29) is 11.7 Å². The number of aromatic amines is 1. The lowest BCUT2D eigenvalue weighted by Gasteiger charge is -2.27. The maximum absolute atomic E-state index is 11.7. The van der Waals surface area contributed by atoms with E-state index in [0.717, 1.165) is 31.1 Å². The van der Waals surface area contributed by atoms with E-state index >= 15 is 0 Å². The first kappa shape index (κ1) is 19.2. The maximum atomic E-state index is 11.7. The van der Waals surface area contributed by atoms with E-state index in [0.29, 0.717) is 22.2 Å². The van der Waals surface area contributed by atoms with Crippen molar-refractivity contribution < 1.29 is 4.74 Å². The van der Waals surface area contributed by atoms with Crippen molar-refractivity contribution in [3.63, 3.8) is 0 Å². The summed E-state index contributed by atoms with van der Waals surface area (Å²) in [4.78, 5) is 14.3. The molecule has 1 saturated carbocycles. The standard InChI is InChI=1S/C15H17ClN2O2.C3H8S/c16-13-8-12-9(5-6-18-15(12)19)7-14(13)20-11-3-1-10(17)2-4-11;1-3-4-2/h5-8,10-11H,1-4,17H2,(H,18,19);3H2,1-2H3. The molecule has 1 heterocycles. The van der Waals surface area contributed by atoms with Gasteiger partial charge in [0.25, 0.3) is 5.56 Å². The third-order valence-corrected chi connectivity index (χ3v) is 5.00. The average Bonchev–Trinajstić information content (AvgIpc) is 2.59. The van der Waals surface area contributed by atoms with E-state index in [2.05, 4.69) is 18.2 Å². The minimum atomic E-state index is -0.139. The fourth-order valence-electron chi connectivity index (χ4n) is 2.66. The lowest BCUT2D eigenvalue weighted by Crippen LogP contribution is -2.31. The summed E-state index contributed by atoms with van der Waals surface area (Å²) in [7, 11) is 0. The van der Waals surface area contributed by atoms with Gasteiger partial charge in [-0.3, -0.25) is 4.79 Å². The molecule has 1 fully saturated rings. The quantitative estimate of drug-likeness (QED) is 0.851. The van der Waals surface area contributed by atoms with Crippen LogP contribution in [-0.2, 0) is 0 Å². The summed E-state index contributed by atoms with van der Waals surface area (Å²) in [6, 6.07) is 5.64. The van der Waals surface area contributed by atoms with Gasteiger partial charge in [-0.05, 0) is 61.3 Å². The van der Waals surface area contributed by atoms with Gasteiger partial charge in [0.1, 0.15) is 5.75 Å². The Kier molecular flexibility index (Phi) is 7.46. The molecular formula is C18H25ClN2O2S. The highest BCUT2D eigenvalue weighted by Crippen LogP contribution is 2.31. The van der Waals surface area contributed by atoms with Gasteiger partial charge in [0, 0.05) is 17.6 Å². The molecule has 0 spiro atoms. The van der Waals surface area contributed by atoms with Crippen molar-refractivity contribution in [3.05, 3.63) is 39.8 Å². The van der Waals surface area contributed by atoms with Gasteiger partial charge in [0.05, 0.1) is 11.1 Å². The SMILES string of the molecule is CCSC.NC1CCC(Oc2cc3cc[nH]c(=O)c3cc2Cl)CC1. The first-order valence-corrected chi connectivity index (χ1v) is 10.0. The van der Waals surface area contributed by atoms with Crippen molar-refractivity contribution in [3.8, 4) is 5.75 Å². The van der Waals surface area contributed by atoms with E-state index < -0.39 is 0 Å². The average molecular weight is 369 g/mol. The number of hydrogen-bond acceptors (Lipinski definition) is 4. The van der Waals surface area contributed by atoms with E-state index in [9.17, 15) is 4.79 Å². The van der Waals surface area contributed by atoms with Crippen molar-refractivity contribution in [2.45, 2.75) is 44.8 Å². The van der Waals surface area contributed by atoms with Crippen LogP contribution in [0.15, 0.2) is 29.2 Å². The van der Waals surface area contributed by atoms with Gasteiger partial charge in [-0.2, -0.15) is 11.8 Å². The molecular weight excluding hydrogens is 344 g/mol. The minimum Gasteiger partial charge on any atom is -0.489 e. The van der Waals surface area contributed by atoms with Gasteiger partial charge in [0.2, 0.25) is 0 Å². The number of rotatable bonds is 3. The third kappa shape index (κ3) is 5.16. The van der Waals surface area contributed by atoms with Crippen LogP contribution < -0.4 is 16.0 Å². The van der Waals surface area contributed by atoms with Gasteiger partial charge < -0.3 is 15.5 Å². The van der Waals surface area contributed by atoms with Crippen molar-refractivity contribution in [1.82, 2.24) is 4.98 Å². The molecule has 1 aromatic carbocycles. The molecule has 0 saturated heterocycles. The summed E-state index contributed by atoms with van der Waals surface area (Å²) in [5, 5.41) is 1.89. The zero-order chi connectivity index (χ0) is 17.5. The summed E-state index contributed by atoms with van der Waals surface area (Å²) in [6.45, 7) is 2.14. The Bertz CT molecular complexity index is 710. The molecule has 3 rings (SSSR count). The molecule has 0 aliphatic heterocycles. The number of aromatic nitrogens is 1. The van der Waals surface area contributed by atoms with Gasteiger partial charge in [0.15, 0.2) is 0 Å². The second-order valence-corrected chi connectivity index (χ2v) is 7.47. The lowest BCUT2D eigenvalue weighted by molar-refractivity contribution is 0.147. The largest absolute Gasteiger partial charge is 0.489 e. The fraction of sp³-hybridized carbons (Fsp3) is 0.500. The van der Waals surface area contributed by atoms with Crippen LogP contribution in [0.25, 0.3) is 10.8 Å². The lowest BCUT2D eigenvalue weighted by atomic mass is 9.94. The summed E-state index contributed by atoms with van der Waals surface area (Å²) >= 11 is 8.08. The van der Waals surface area contributed by atoms with Gasteiger partial charge in [-0.1, -0.05) is 18.5 Å². The number of thioether (sulfide) groups is 1. The van der Waals surface area contributed by atoms with Crippen molar-refractivity contribution in [2.24, 2.45) is 5.73 Å². The molecule has 1 aromatic heterocycles. The van der Waals surface area contributed by atoms with E-state index in [1.54, 1.807) is 12.3 Å². The van der Waals surface area contributed by atoms with Crippen LogP contribution in [0.2, 0.25) is 5.02 Å². The molecule has 1 aliphatic carbocycles. The molecule has 0 unspecified atom stereocenters. The van der Waals surface area contributed by atoms with Crippen LogP contribution in [0.4, 0.5) is 0 Å². The van der Waals surface area contributed by atoms with Crippen LogP contribution in [0.1, 0.15) is 32.6 Å². The monoisotopic (exact) mass is 368 g/mol. The molecule has 6 heteroatoms. The highest BCUT2D eigenvalue weighted by Gasteiger charge is 2.21. The molecule has 0 amide bonds. The van der Waals surface area contributed by atoms with Gasteiger partial charge in [-0.15, -0.1) is 0 Å². The molecule has 0 atom stereocenters. The molecule has 24 heavy (non-hydrogen) atoms. The van der Waals surface area contributed by atoms with Crippen LogP contribution in [0, 0.1) is 0 Å². The van der Waals surface area contributed by atoms with Crippen molar-refractivity contribution >= 4 is 34.1 Å². The molecule has 0 bridgehead atoms. The number of hydrogen-bond donors (Lipinski definition) is 2. The molecule has 1 aliphatic rings. The van der Waals surface area contributed by atoms with Crippen LogP contribution in [-0.4, -0.2) is 29.1 Å². The Morgan fingerprint density at radius 1 is 1.33 bits per heavy atom. The highest BCUT2D eigenvalue weighted by atomic mass is 35.5. The molecule has 2 aromatic rings. The van der Waals surface area contributed by atoms with Crippen LogP contribution in [0.5, 0.6) is 5.75 Å². The minimum absolute atomic E-state index is 0.139. The highest BCUT2D eigenvalue weighted by molar-refractivity contribution is 7.98. The van der Waals surface area contributed by atoms with Crippen molar-refractivity contribution in [2.75, 3.05) is 12.0 Å². The summed E-state index contributed by atoms with van der Waals surface area (Å²) in [6.07, 6.45) is 7.75. The summed E-state index contributed by atoms with van der Waals surface area (Å²) < 4.78 is 5.98. The summed E-state index contributed by atoms with van der Waals surface area (Å²) in [5.74, 6) is 1.88. The maximum Gasteiger partial charge on any atom is 0.255 e. The molecule has 3 N–H and O–H groups in total. The topological polar surface area (TPSA) is 68.1 Å². The smallest absolute Gasteiger partial charge is 0.255 e. The number of nitrogens with one attached hydrogen (secondary N) is 1. The zero-order valence-corrected chi connectivity index (χ0v) is 15.8. The molecule has 132 valence electrons. The van der Waals surface area contributed by atoms with Crippen LogP contribution in [0.3, 0.4) is 0 Å². The Morgan fingerprint density at radius 3 is 2.62 bits per heavy atom. The number of ether oxygens (including phenoxy) is 1. The normalized spacial score (nSPS) is 20.3. The van der Waals surface area contributed by atoms with Gasteiger partial charge in [-0.25, -0.2) is 0 Å². The zero-order valence-electron chi connectivity index (χ0n) is 14.2. The van der Waals surface area contributed by atoms with Crippen molar-refractivity contribution in [1.29, 1.82) is 0 Å². The van der Waals surface area contributed by atoms with E-state index in [1.807, 2.05) is 23.9 Å². The Morgan fingerprint density at radius 2 is 2.00 bits per heavy atom. The second-order valence-electron chi connectivity index (χ2n) is 5.91.